The van der Waals surface area contributed by atoms with Gasteiger partial charge in [0.2, 0.25) is 0 Å². The van der Waals surface area contributed by atoms with Gasteiger partial charge in [-0.2, -0.15) is 0 Å². The van der Waals surface area contributed by atoms with Crippen LogP contribution in [0.1, 0.15) is 0 Å². The van der Waals surface area contributed by atoms with Gasteiger partial charge in [0.25, 0.3) is 5.56 Å². The highest BCUT2D eigenvalue weighted by atomic mass is 16.1. The van der Waals surface area contributed by atoms with Crippen LogP contribution in [0.4, 0.5) is 0 Å². The highest BCUT2D eigenvalue weighted by molar-refractivity contribution is 6.07. The van der Waals surface area contributed by atoms with Gasteiger partial charge in [-0.1, -0.05) is 30.3 Å². The first-order valence-corrected chi connectivity index (χ1v) is 7.30. The Morgan fingerprint density at radius 2 is 1.41 bits per heavy atom. The third-order valence-electron chi connectivity index (χ3n) is 4.40. The van der Waals surface area contributed by atoms with E-state index in [1.807, 2.05) is 25.2 Å². The van der Waals surface area contributed by atoms with Crippen LogP contribution in [-0.2, 0) is 14.1 Å². The van der Waals surface area contributed by atoms with Crippen LogP contribution >= 0.6 is 0 Å². The van der Waals surface area contributed by atoms with Crippen molar-refractivity contribution in [3.05, 3.63) is 71.0 Å². The van der Waals surface area contributed by atoms with Gasteiger partial charge in [0.1, 0.15) is 0 Å². The SMILES string of the molecule is Cn1c(-c2ccccc2)cc2c3ccc(=O)n(C)c3ccc21. The predicted octanol–water partition coefficient (Wildman–Crippen LogP) is 3.70. The molecule has 4 aromatic rings. The molecule has 0 spiro atoms. The van der Waals surface area contributed by atoms with E-state index in [0.29, 0.717) is 0 Å². The van der Waals surface area contributed by atoms with E-state index in [2.05, 4.69) is 48.0 Å². The number of rotatable bonds is 1. The minimum absolute atomic E-state index is 0.0195. The quantitative estimate of drug-likeness (QED) is 0.524. The average molecular weight is 288 g/mol. The van der Waals surface area contributed by atoms with Crippen LogP contribution in [0.15, 0.2) is 65.5 Å². The molecule has 22 heavy (non-hydrogen) atoms. The maximum Gasteiger partial charge on any atom is 0.250 e. The summed E-state index contributed by atoms with van der Waals surface area (Å²) < 4.78 is 3.90. The van der Waals surface area contributed by atoms with Gasteiger partial charge in [0, 0.05) is 42.1 Å². The Labute approximate surface area is 128 Å². The number of nitrogens with zero attached hydrogens (tertiary/aromatic N) is 2. The second-order valence-corrected chi connectivity index (χ2v) is 5.62. The number of pyridine rings is 1. The maximum absolute atomic E-state index is 11.8. The molecule has 0 saturated carbocycles. The molecule has 4 rings (SSSR count). The molecule has 0 fully saturated rings. The van der Waals surface area contributed by atoms with E-state index in [1.54, 1.807) is 10.6 Å². The summed E-state index contributed by atoms with van der Waals surface area (Å²) in [6, 6.07) is 20.2. The third-order valence-corrected chi connectivity index (χ3v) is 4.40. The standard InChI is InChI=1S/C19H16N2O/c1-20-17-10-9-16-14(8-11-19(22)21(16)2)15(17)12-18(20)13-6-4-3-5-7-13/h3-12H,1-2H3. The lowest BCUT2D eigenvalue weighted by Gasteiger charge is -2.06. The lowest BCUT2D eigenvalue weighted by atomic mass is 10.1. The highest BCUT2D eigenvalue weighted by Crippen LogP contribution is 2.31. The molecule has 3 heteroatoms. The molecule has 0 aliphatic carbocycles. The van der Waals surface area contributed by atoms with Crippen molar-refractivity contribution < 1.29 is 0 Å². The van der Waals surface area contributed by atoms with Gasteiger partial charge in [0.15, 0.2) is 0 Å². The van der Waals surface area contributed by atoms with Crippen LogP contribution in [0.5, 0.6) is 0 Å². The molecule has 108 valence electrons. The fraction of sp³-hybridized carbons (Fsp3) is 0.105. The fourth-order valence-electron chi connectivity index (χ4n) is 3.16. The van der Waals surface area contributed by atoms with Crippen LogP contribution in [0, 0.1) is 0 Å². The number of benzene rings is 2. The Kier molecular flexibility index (Phi) is 2.70. The molecular formula is C19H16N2O. The lowest BCUT2D eigenvalue weighted by molar-refractivity contribution is 0.906. The Bertz CT molecular complexity index is 1060. The van der Waals surface area contributed by atoms with Gasteiger partial charge in [-0.3, -0.25) is 4.79 Å². The maximum atomic E-state index is 11.8. The van der Waals surface area contributed by atoms with Gasteiger partial charge < -0.3 is 9.13 Å². The Morgan fingerprint density at radius 3 is 2.14 bits per heavy atom. The van der Waals surface area contributed by atoms with Gasteiger partial charge >= 0.3 is 0 Å². The van der Waals surface area contributed by atoms with Crippen molar-refractivity contribution in [2.75, 3.05) is 0 Å². The van der Waals surface area contributed by atoms with E-state index in [1.165, 1.54) is 22.2 Å². The van der Waals surface area contributed by atoms with Gasteiger partial charge in [-0.15, -0.1) is 0 Å². The minimum Gasteiger partial charge on any atom is -0.344 e. The van der Waals surface area contributed by atoms with E-state index in [4.69, 9.17) is 0 Å². The zero-order valence-electron chi connectivity index (χ0n) is 12.6. The zero-order valence-corrected chi connectivity index (χ0v) is 12.6. The first-order valence-electron chi connectivity index (χ1n) is 7.30. The summed E-state index contributed by atoms with van der Waals surface area (Å²) >= 11 is 0. The predicted molar refractivity (Wildman–Crippen MR) is 91.1 cm³/mol. The smallest absolute Gasteiger partial charge is 0.250 e. The van der Waals surface area contributed by atoms with E-state index in [-0.39, 0.29) is 5.56 Å². The number of aromatic nitrogens is 2. The van der Waals surface area contributed by atoms with Crippen LogP contribution in [0.2, 0.25) is 0 Å². The molecule has 0 N–H and O–H groups in total. The van der Waals surface area contributed by atoms with E-state index >= 15 is 0 Å². The molecular weight excluding hydrogens is 272 g/mol. The molecule has 0 amide bonds. The minimum atomic E-state index is 0.0195. The van der Waals surface area contributed by atoms with E-state index in [9.17, 15) is 4.79 Å². The summed E-state index contributed by atoms with van der Waals surface area (Å²) in [7, 11) is 3.90. The summed E-state index contributed by atoms with van der Waals surface area (Å²) in [6.45, 7) is 0. The zero-order chi connectivity index (χ0) is 15.3. The fourth-order valence-corrected chi connectivity index (χ4v) is 3.16. The lowest BCUT2D eigenvalue weighted by Crippen LogP contribution is -2.14. The summed E-state index contributed by atoms with van der Waals surface area (Å²) in [5, 5.41) is 2.28. The third kappa shape index (κ3) is 1.72. The molecule has 0 unspecified atom stereocenters. The first kappa shape index (κ1) is 12.9. The van der Waals surface area contributed by atoms with E-state index < -0.39 is 0 Å². The van der Waals surface area contributed by atoms with Crippen LogP contribution < -0.4 is 5.56 Å². The number of hydrogen-bond donors (Lipinski definition) is 0. The Morgan fingerprint density at radius 1 is 0.727 bits per heavy atom. The second-order valence-electron chi connectivity index (χ2n) is 5.62. The van der Waals surface area contributed by atoms with Crippen molar-refractivity contribution in [2.24, 2.45) is 14.1 Å². The molecule has 2 aromatic carbocycles. The van der Waals surface area contributed by atoms with Crippen LogP contribution in [0.25, 0.3) is 33.1 Å². The summed E-state index contributed by atoms with van der Waals surface area (Å²) in [4.78, 5) is 11.8. The van der Waals surface area contributed by atoms with Crippen molar-refractivity contribution in [3.63, 3.8) is 0 Å². The summed E-state index contributed by atoms with van der Waals surface area (Å²) in [6.07, 6.45) is 0. The summed E-state index contributed by atoms with van der Waals surface area (Å²) in [5.41, 5.74) is 4.53. The largest absolute Gasteiger partial charge is 0.344 e. The van der Waals surface area contributed by atoms with Gasteiger partial charge in [-0.05, 0) is 29.8 Å². The highest BCUT2D eigenvalue weighted by Gasteiger charge is 2.11. The average Bonchev–Trinajstić information content (AvgIpc) is 2.89. The Balaban J connectivity index is 2.12. The van der Waals surface area contributed by atoms with Crippen molar-refractivity contribution >= 4 is 21.8 Å². The normalized spacial score (nSPS) is 11.4. The number of fused-ring (bicyclic) bond motifs is 3. The Hall–Kier alpha value is -2.81. The molecule has 0 radical (unpaired) electrons. The van der Waals surface area contributed by atoms with Crippen molar-refractivity contribution in [1.29, 1.82) is 0 Å². The number of hydrogen-bond acceptors (Lipinski definition) is 1. The molecule has 0 saturated heterocycles. The topological polar surface area (TPSA) is 26.9 Å². The molecule has 2 aromatic heterocycles. The van der Waals surface area contributed by atoms with E-state index in [0.717, 1.165) is 10.9 Å². The molecule has 3 nitrogen and oxygen atoms in total. The number of aryl methyl sites for hydroxylation is 2. The molecule has 0 aliphatic heterocycles. The molecule has 0 aliphatic rings. The second kappa shape index (κ2) is 4.60. The molecule has 0 bridgehead atoms. The first-order chi connectivity index (χ1) is 10.7. The van der Waals surface area contributed by atoms with Crippen molar-refractivity contribution in [2.45, 2.75) is 0 Å². The van der Waals surface area contributed by atoms with Crippen molar-refractivity contribution in [1.82, 2.24) is 9.13 Å². The molecule has 2 heterocycles. The van der Waals surface area contributed by atoms with Gasteiger partial charge in [-0.25, -0.2) is 0 Å². The summed E-state index contributed by atoms with van der Waals surface area (Å²) in [5.74, 6) is 0. The van der Waals surface area contributed by atoms with Crippen LogP contribution in [0.3, 0.4) is 0 Å². The van der Waals surface area contributed by atoms with Crippen LogP contribution in [-0.4, -0.2) is 9.13 Å². The van der Waals surface area contributed by atoms with Crippen molar-refractivity contribution in [3.8, 4) is 11.3 Å². The monoisotopic (exact) mass is 288 g/mol. The van der Waals surface area contributed by atoms with Gasteiger partial charge in [0.05, 0.1) is 5.52 Å². The molecule has 0 atom stereocenters.